The smallest absolute Gasteiger partial charge is 0.0936 e. The van der Waals surface area contributed by atoms with Crippen molar-refractivity contribution in [3.63, 3.8) is 0 Å². The van der Waals surface area contributed by atoms with Crippen molar-refractivity contribution in [3.8, 4) is 0 Å². The summed E-state index contributed by atoms with van der Waals surface area (Å²) in [5.74, 6) is 0. The molecule has 0 aliphatic carbocycles. The summed E-state index contributed by atoms with van der Waals surface area (Å²) in [7, 11) is 1.82. The molecule has 2 rings (SSSR count). The van der Waals surface area contributed by atoms with Crippen LogP contribution in [0, 0.1) is 0 Å². The van der Waals surface area contributed by atoms with Crippen molar-refractivity contribution in [1.82, 2.24) is 4.90 Å². The molecule has 0 spiro atoms. The second kappa shape index (κ2) is 3.56. The molecule has 0 amide bonds. The number of epoxide rings is 1. The van der Waals surface area contributed by atoms with Gasteiger partial charge in [-0.2, -0.15) is 0 Å². The fourth-order valence-corrected chi connectivity index (χ4v) is 2.09. The maximum Gasteiger partial charge on any atom is 0.0936 e. The maximum absolute atomic E-state index is 5.53. The minimum atomic E-state index is 0.0765. The van der Waals surface area contributed by atoms with Gasteiger partial charge in [0, 0.05) is 20.2 Å². The Morgan fingerprint density at radius 1 is 1.62 bits per heavy atom. The van der Waals surface area contributed by atoms with Gasteiger partial charge in [-0.05, 0) is 26.3 Å². The number of piperidine rings is 1. The molecule has 2 fully saturated rings. The zero-order valence-corrected chi connectivity index (χ0v) is 8.58. The van der Waals surface area contributed by atoms with E-state index in [9.17, 15) is 0 Å². The summed E-state index contributed by atoms with van der Waals surface area (Å²) in [6.45, 7) is 6.52. The maximum atomic E-state index is 5.53. The summed E-state index contributed by atoms with van der Waals surface area (Å²) in [6.07, 6.45) is 2.95. The normalized spacial score (nSPS) is 40.6. The molecule has 0 radical (unpaired) electrons. The van der Waals surface area contributed by atoms with Crippen molar-refractivity contribution in [1.29, 1.82) is 0 Å². The minimum absolute atomic E-state index is 0.0765. The van der Waals surface area contributed by atoms with Gasteiger partial charge in [-0.25, -0.2) is 0 Å². The Kier molecular flexibility index (Phi) is 2.58. The van der Waals surface area contributed by atoms with Gasteiger partial charge in [-0.15, -0.1) is 0 Å². The lowest BCUT2D eigenvalue weighted by Gasteiger charge is -2.39. The third-order valence-corrected chi connectivity index (χ3v) is 3.10. The summed E-state index contributed by atoms with van der Waals surface area (Å²) in [5.41, 5.74) is 0.0765. The quantitative estimate of drug-likeness (QED) is 0.610. The van der Waals surface area contributed by atoms with E-state index in [4.69, 9.17) is 9.47 Å². The molecule has 3 nitrogen and oxygen atoms in total. The highest BCUT2D eigenvalue weighted by Crippen LogP contribution is 2.25. The van der Waals surface area contributed by atoms with Crippen LogP contribution in [0.5, 0.6) is 0 Å². The Bertz CT molecular complexity index is 182. The number of ether oxygens (including phenoxy) is 2. The molecule has 2 aliphatic rings. The van der Waals surface area contributed by atoms with Gasteiger partial charge in [0.2, 0.25) is 0 Å². The summed E-state index contributed by atoms with van der Waals surface area (Å²) < 4.78 is 10.8. The van der Waals surface area contributed by atoms with E-state index in [1.54, 1.807) is 0 Å². The first kappa shape index (κ1) is 9.44. The van der Waals surface area contributed by atoms with E-state index in [-0.39, 0.29) is 5.60 Å². The molecule has 0 bridgehead atoms. The van der Waals surface area contributed by atoms with Gasteiger partial charge in [-0.3, -0.25) is 4.90 Å². The highest BCUT2D eigenvalue weighted by atomic mass is 16.6. The monoisotopic (exact) mass is 185 g/mol. The van der Waals surface area contributed by atoms with E-state index in [2.05, 4.69) is 11.8 Å². The summed E-state index contributed by atoms with van der Waals surface area (Å²) in [4.78, 5) is 2.46. The van der Waals surface area contributed by atoms with E-state index in [0.717, 1.165) is 19.7 Å². The van der Waals surface area contributed by atoms with E-state index in [1.165, 1.54) is 19.4 Å². The van der Waals surface area contributed by atoms with Gasteiger partial charge in [0.1, 0.15) is 0 Å². The predicted molar refractivity (Wildman–Crippen MR) is 50.8 cm³/mol. The van der Waals surface area contributed by atoms with Crippen LogP contribution in [0.3, 0.4) is 0 Å². The Balaban J connectivity index is 1.83. The number of hydrogen-bond acceptors (Lipinski definition) is 3. The van der Waals surface area contributed by atoms with Crippen LogP contribution in [0.4, 0.5) is 0 Å². The van der Waals surface area contributed by atoms with Gasteiger partial charge in [0.05, 0.1) is 18.3 Å². The molecule has 2 atom stereocenters. The SMILES string of the molecule is COC1(C)CCCN(CC2CO2)C1. The van der Waals surface area contributed by atoms with Crippen molar-refractivity contribution in [2.45, 2.75) is 31.5 Å². The number of methoxy groups -OCH3 is 1. The predicted octanol–water partition coefficient (Wildman–Crippen LogP) is 0.886. The number of nitrogens with zero attached hydrogens (tertiary/aromatic N) is 1. The lowest BCUT2D eigenvalue weighted by atomic mass is 9.95. The molecular formula is C10H19NO2. The summed E-state index contributed by atoms with van der Waals surface area (Å²) in [5, 5.41) is 0. The molecule has 2 unspecified atom stereocenters. The molecule has 3 heteroatoms. The van der Waals surface area contributed by atoms with Crippen LogP contribution in [-0.2, 0) is 9.47 Å². The third kappa shape index (κ3) is 2.42. The van der Waals surface area contributed by atoms with Crippen LogP contribution in [0.15, 0.2) is 0 Å². The van der Waals surface area contributed by atoms with E-state index in [1.807, 2.05) is 7.11 Å². The minimum Gasteiger partial charge on any atom is -0.377 e. The van der Waals surface area contributed by atoms with Gasteiger partial charge in [-0.1, -0.05) is 0 Å². The van der Waals surface area contributed by atoms with Crippen molar-refractivity contribution >= 4 is 0 Å². The lowest BCUT2D eigenvalue weighted by Crippen LogP contribution is -2.48. The van der Waals surface area contributed by atoms with E-state index < -0.39 is 0 Å². The molecule has 2 saturated heterocycles. The average molecular weight is 185 g/mol. The first-order valence-corrected chi connectivity index (χ1v) is 5.11. The average Bonchev–Trinajstić information content (AvgIpc) is 2.89. The van der Waals surface area contributed by atoms with Gasteiger partial charge < -0.3 is 9.47 Å². The zero-order chi connectivity index (χ0) is 9.31. The molecule has 13 heavy (non-hydrogen) atoms. The Morgan fingerprint density at radius 3 is 3.00 bits per heavy atom. The van der Waals surface area contributed by atoms with Crippen molar-refractivity contribution in [3.05, 3.63) is 0 Å². The van der Waals surface area contributed by atoms with Crippen LogP contribution in [-0.4, -0.2) is 50.0 Å². The van der Waals surface area contributed by atoms with E-state index >= 15 is 0 Å². The molecule has 76 valence electrons. The molecule has 0 saturated carbocycles. The van der Waals surface area contributed by atoms with E-state index in [0.29, 0.717) is 6.10 Å². The number of hydrogen-bond donors (Lipinski definition) is 0. The molecule has 0 N–H and O–H groups in total. The fraction of sp³-hybridized carbons (Fsp3) is 1.00. The molecule has 0 aromatic carbocycles. The largest absolute Gasteiger partial charge is 0.377 e. The fourth-order valence-electron chi connectivity index (χ4n) is 2.09. The Morgan fingerprint density at radius 2 is 2.38 bits per heavy atom. The van der Waals surface area contributed by atoms with Crippen LogP contribution >= 0.6 is 0 Å². The summed E-state index contributed by atoms with van der Waals surface area (Å²) >= 11 is 0. The number of rotatable bonds is 3. The molecule has 2 aliphatic heterocycles. The third-order valence-electron chi connectivity index (χ3n) is 3.10. The molecule has 0 aromatic heterocycles. The lowest BCUT2D eigenvalue weighted by molar-refractivity contribution is -0.0516. The van der Waals surface area contributed by atoms with Crippen LogP contribution < -0.4 is 0 Å². The molecule has 0 aromatic rings. The topological polar surface area (TPSA) is 25.0 Å². The van der Waals surface area contributed by atoms with Gasteiger partial charge in [0.25, 0.3) is 0 Å². The second-order valence-electron chi connectivity index (χ2n) is 4.45. The first-order valence-electron chi connectivity index (χ1n) is 5.11. The van der Waals surface area contributed by atoms with Gasteiger partial charge >= 0.3 is 0 Å². The van der Waals surface area contributed by atoms with Crippen LogP contribution in [0.2, 0.25) is 0 Å². The summed E-state index contributed by atoms with van der Waals surface area (Å²) in [6, 6.07) is 0. The second-order valence-corrected chi connectivity index (χ2v) is 4.45. The van der Waals surface area contributed by atoms with Crippen molar-refractivity contribution in [2.75, 3.05) is 33.4 Å². The highest BCUT2D eigenvalue weighted by Gasteiger charge is 2.34. The molecule has 2 heterocycles. The first-order chi connectivity index (χ1) is 6.22. The van der Waals surface area contributed by atoms with Gasteiger partial charge in [0.15, 0.2) is 0 Å². The van der Waals surface area contributed by atoms with Crippen LogP contribution in [0.1, 0.15) is 19.8 Å². The highest BCUT2D eigenvalue weighted by molar-refractivity contribution is 4.87. The Labute approximate surface area is 80.0 Å². The van der Waals surface area contributed by atoms with Crippen molar-refractivity contribution < 1.29 is 9.47 Å². The molecular weight excluding hydrogens is 166 g/mol. The van der Waals surface area contributed by atoms with Crippen LogP contribution in [0.25, 0.3) is 0 Å². The standard InChI is InChI=1S/C10H19NO2/c1-10(12-2)4-3-5-11(8-10)6-9-7-13-9/h9H,3-8H2,1-2H3. The van der Waals surface area contributed by atoms with Crippen molar-refractivity contribution in [2.24, 2.45) is 0 Å². The zero-order valence-electron chi connectivity index (χ0n) is 8.58. The Hall–Kier alpha value is -0.120. The number of likely N-dealkylation sites (tertiary alicyclic amines) is 1.